The van der Waals surface area contributed by atoms with Gasteiger partial charge in [-0.3, -0.25) is 14.2 Å². The van der Waals surface area contributed by atoms with Crippen molar-refractivity contribution in [3.05, 3.63) is 66.9 Å². The van der Waals surface area contributed by atoms with E-state index in [0.717, 1.165) is 11.4 Å². The van der Waals surface area contributed by atoms with Crippen molar-refractivity contribution in [2.24, 2.45) is 5.92 Å². The van der Waals surface area contributed by atoms with Crippen molar-refractivity contribution in [2.75, 3.05) is 0 Å². The zero-order chi connectivity index (χ0) is 19.7. The van der Waals surface area contributed by atoms with Crippen LogP contribution in [0.1, 0.15) is 31.3 Å². The third-order valence-corrected chi connectivity index (χ3v) is 4.89. The second-order valence-electron chi connectivity index (χ2n) is 7.09. The monoisotopic (exact) mass is 374 g/mol. The van der Waals surface area contributed by atoms with E-state index in [2.05, 4.69) is 34.2 Å². The summed E-state index contributed by atoms with van der Waals surface area (Å²) in [6.45, 7) is 6.13. The van der Waals surface area contributed by atoms with Crippen LogP contribution in [0.15, 0.2) is 61.2 Å². The third kappa shape index (κ3) is 3.15. The van der Waals surface area contributed by atoms with Gasteiger partial charge in [-0.05, 0) is 31.0 Å². The van der Waals surface area contributed by atoms with Crippen molar-refractivity contribution in [3.8, 4) is 17.2 Å². The Bertz CT molecular complexity index is 1110. The zero-order valence-electron chi connectivity index (χ0n) is 16.1. The molecule has 1 N–H and O–H groups in total. The Morgan fingerprint density at radius 2 is 1.86 bits per heavy atom. The summed E-state index contributed by atoms with van der Waals surface area (Å²) < 4.78 is 3.69. The van der Waals surface area contributed by atoms with Gasteiger partial charge in [0.2, 0.25) is 0 Å². The first-order valence-corrected chi connectivity index (χ1v) is 9.29. The van der Waals surface area contributed by atoms with Gasteiger partial charge in [-0.15, -0.1) is 0 Å². The number of benzene rings is 1. The van der Waals surface area contributed by atoms with Crippen LogP contribution in [0.3, 0.4) is 0 Å². The number of para-hydroxylation sites is 1. The first-order chi connectivity index (χ1) is 13.6. The average molecular weight is 374 g/mol. The molecule has 0 aliphatic heterocycles. The highest BCUT2D eigenvalue weighted by atomic mass is 16.2. The molecule has 0 aliphatic carbocycles. The number of carbonyl (C=O) groups excluding carboxylic acids is 1. The summed E-state index contributed by atoms with van der Waals surface area (Å²) >= 11 is 0. The van der Waals surface area contributed by atoms with Crippen molar-refractivity contribution in [1.82, 2.24) is 29.5 Å². The predicted octanol–water partition coefficient (Wildman–Crippen LogP) is 3.36. The molecule has 1 atom stereocenters. The fraction of sp³-hybridized carbons (Fsp3) is 0.238. The highest BCUT2D eigenvalue weighted by Gasteiger charge is 2.22. The smallest absolute Gasteiger partial charge is 0.272 e. The number of hydrogen-bond donors (Lipinski definition) is 1. The van der Waals surface area contributed by atoms with Crippen LogP contribution in [0.25, 0.3) is 22.7 Å². The molecule has 7 nitrogen and oxygen atoms in total. The van der Waals surface area contributed by atoms with Gasteiger partial charge in [0.1, 0.15) is 5.69 Å². The predicted molar refractivity (Wildman–Crippen MR) is 107 cm³/mol. The van der Waals surface area contributed by atoms with Gasteiger partial charge in [-0.2, -0.15) is 5.10 Å². The van der Waals surface area contributed by atoms with E-state index in [9.17, 15) is 4.79 Å². The first-order valence-electron chi connectivity index (χ1n) is 9.29. The summed E-state index contributed by atoms with van der Waals surface area (Å²) in [7, 11) is 0. The largest absolute Gasteiger partial charge is 0.348 e. The molecule has 0 saturated heterocycles. The molecule has 4 rings (SSSR count). The number of hydrogen-bond acceptors (Lipinski definition) is 4. The number of rotatable bonds is 5. The van der Waals surface area contributed by atoms with E-state index < -0.39 is 0 Å². The first kappa shape index (κ1) is 17.9. The highest BCUT2D eigenvalue weighted by Crippen LogP contribution is 2.24. The van der Waals surface area contributed by atoms with E-state index in [1.54, 1.807) is 18.6 Å². The van der Waals surface area contributed by atoms with Crippen molar-refractivity contribution in [3.63, 3.8) is 0 Å². The number of aromatic nitrogens is 5. The van der Waals surface area contributed by atoms with E-state index in [1.807, 2.05) is 58.6 Å². The fourth-order valence-corrected chi connectivity index (χ4v) is 2.98. The minimum Gasteiger partial charge on any atom is -0.348 e. The fourth-order valence-electron chi connectivity index (χ4n) is 2.98. The maximum atomic E-state index is 12.9. The number of amides is 1. The lowest BCUT2D eigenvalue weighted by molar-refractivity contribution is 0.0927. The SMILES string of the molecule is CC(C)[C@H](C)NC(=O)c1nc(-c2ccnn2-c2ccccc2)n2ccncc12. The molecule has 0 bridgehead atoms. The molecule has 0 unspecified atom stereocenters. The van der Waals surface area contributed by atoms with Gasteiger partial charge in [0.15, 0.2) is 11.5 Å². The number of carbonyl (C=O) groups is 1. The minimum absolute atomic E-state index is 0.0409. The molecular weight excluding hydrogens is 352 g/mol. The summed E-state index contributed by atoms with van der Waals surface area (Å²) in [6.07, 6.45) is 6.88. The summed E-state index contributed by atoms with van der Waals surface area (Å²) in [5.74, 6) is 0.764. The molecule has 4 aromatic rings. The maximum Gasteiger partial charge on any atom is 0.272 e. The molecule has 0 fully saturated rings. The van der Waals surface area contributed by atoms with Crippen LogP contribution in [0, 0.1) is 5.92 Å². The number of fused-ring (bicyclic) bond motifs is 1. The summed E-state index contributed by atoms with van der Waals surface area (Å²) in [5.41, 5.74) is 2.74. The number of imidazole rings is 1. The summed E-state index contributed by atoms with van der Waals surface area (Å²) in [5, 5.41) is 7.47. The van der Waals surface area contributed by atoms with Gasteiger partial charge < -0.3 is 5.32 Å². The lowest BCUT2D eigenvalue weighted by atomic mass is 10.1. The Balaban J connectivity index is 1.83. The lowest BCUT2D eigenvalue weighted by Gasteiger charge is -2.16. The lowest BCUT2D eigenvalue weighted by Crippen LogP contribution is -2.36. The molecule has 28 heavy (non-hydrogen) atoms. The molecule has 3 aromatic heterocycles. The number of nitrogens with zero attached hydrogens (tertiary/aromatic N) is 5. The van der Waals surface area contributed by atoms with Crippen LogP contribution in [-0.2, 0) is 0 Å². The Hall–Kier alpha value is -3.48. The van der Waals surface area contributed by atoms with Crippen LogP contribution >= 0.6 is 0 Å². The molecular formula is C21H22N6O. The maximum absolute atomic E-state index is 12.9. The molecule has 7 heteroatoms. The molecule has 3 heterocycles. The molecule has 0 saturated carbocycles. The summed E-state index contributed by atoms with van der Waals surface area (Å²) in [4.78, 5) is 21.7. The van der Waals surface area contributed by atoms with Gasteiger partial charge in [-0.1, -0.05) is 32.0 Å². The van der Waals surface area contributed by atoms with Gasteiger partial charge in [-0.25, -0.2) is 9.67 Å². The summed E-state index contributed by atoms with van der Waals surface area (Å²) in [6, 6.07) is 11.8. The Labute approximate surface area is 163 Å². The van der Waals surface area contributed by atoms with Gasteiger partial charge >= 0.3 is 0 Å². The van der Waals surface area contributed by atoms with Crippen LogP contribution in [0.5, 0.6) is 0 Å². The molecule has 0 radical (unpaired) electrons. The Kier molecular flexibility index (Phi) is 4.65. The Morgan fingerprint density at radius 1 is 1.07 bits per heavy atom. The van der Waals surface area contributed by atoms with Gasteiger partial charge in [0.05, 0.1) is 23.6 Å². The van der Waals surface area contributed by atoms with E-state index >= 15 is 0 Å². The van der Waals surface area contributed by atoms with Crippen LogP contribution in [-0.4, -0.2) is 36.1 Å². The van der Waals surface area contributed by atoms with E-state index in [0.29, 0.717) is 23.0 Å². The van der Waals surface area contributed by atoms with E-state index in [4.69, 9.17) is 0 Å². The van der Waals surface area contributed by atoms with Crippen molar-refractivity contribution >= 4 is 11.4 Å². The van der Waals surface area contributed by atoms with Crippen molar-refractivity contribution < 1.29 is 4.79 Å². The normalized spacial score (nSPS) is 12.4. The second-order valence-corrected chi connectivity index (χ2v) is 7.09. The average Bonchev–Trinajstić information content (AvgIpc) is 3.33. The molecule has 1 aromatic carbocycles. The molecule has 142 valence electrons. The van der Waals surface area contributed by atoms with Crippen LogP contribution in [0.2, 0.25) is 0 Å². The second kappa shape index (κ2) is 7.26. The third-order valence-electron chi connectivity index (χ3n) is 4.89. The quantitative estimate of drug-likeness (QED) is 0.581. The van der Waals surface area contributed by atoms with Gasteiger partial charge in [0, 0.05) is 18.4 Å². The van der Waals surface area contributed by atoms with Crippen LogP contribution < -0.4 is 5.32 Å². The van der Waals surface area contributed by atoms with Gasteiger partial charge in [0.25, 0.3) is 5.91 Å². The van der Waals surface area contributed by atoms with E-state index in [1.165, 1.54) is 0 Å². The highest BCUT2D eigenvalue weighted by molar-refractivity contribution is 6.00. The number of nitrogens with one attached hydrogen (secondary N) is 1. The molecule has 0 spiro atoms. The molecule has 1 amide bonds. The standard InChI is InChI=1S/C21H22N6O/c1-14(2)15(3)24-21(28)19-18-13-22-11-12-26(18)20(25-19)17-9-10-23-27(17)16-7-5-4-6-8-16/h4-15H,1-3H3,(H,24,28)/t15-/m0/s1. The van der Waals surface area contributed by atoms with Crippen molar-refractivity contribution in [1.29, 1.82) is 0 Å². The van der Waals surface area contributed by atoms with Crippen LogP contribution in [0.4, 0.5) is 0 Å². The Morgan fingerprint density at radius 3 is 2.61 bits per heavy atom. The molecule has 0 aliphatic rings. The van der Waals surface area contributed by atoms with Crippen molar-refractivity contribution in [2.45, 2.75) is 26.8 Å². The zero-order valence-corrected chi connectivity index (χ0v) is 16.1. The van der Waals surface area contributed by atoms with E-state index in [-0.39, 0.29) is 11.9 Å². The topological polar surface area (TPSA) is 77.1 Å². The minimum atomic E-state index is -0.205.